The molecule has 0 aromatic rings. The molecule has 5 fully saturated rings. The average molecular weight is 363 g/mol. The zero-order chi connectivity index (χ0) is 18.2. The maximum absolute atomic E-state index is 12.8. The predicted molar refractivity (Wildman–Crippen MR) is 97.3 cm³/mol. The highest BCUT2D eigenvalue weighted by Crippen LogP contribution is 2.66. The van der Waals surface area contributed by atoms with Crippen LogP contribution in [0.15, 0.2) is 0 Å². The maximum Gasteiger partial charge on any atom is 0.306 e. The zero-order valence-corrected chi connectivity index (χ0v) is 16.6. The van der Waals surface area contributed by atoms with Crippen molar-refractivity contribution in [2.45, 2.75) is 84.0 Å². The number of hydrogen-bond donors (Lipinski definition) is 0. The van der Waals surface area contributed by atoms with Gasteiger partial charge < -0.3 is 14.2 Å². The van der Waals surface area contributed by atoms with Gasteiger partial charge in [0.15, 0.2) is 5.79 Å². The molecule has 0 amide bonds. The lowest BCUT2D eigenvalue weighted by Gasteiger charge is -2.55. The number of fused-ring (bicyclic) bond motifs is 6. The van der Waals surface area contributed by atoms with E-state index in [1.807, 2.05) is 0 Å². The maximum atomic E-state index is 12.8. The molecule has 5 aliphatic rings. The molecule has 0 bridgehead atoms. The Labute approximate surface area is 157 Å². The minimum Gasteiger partial charge on any atom is -0.462 e. The first kappa shape index (κ1) is 17.5. The van der Waals surface area contributed by atoms with Gasteiger partial charge in [0.25, 0.3) is 0 Å². The van der Waals surface area contributed by atoms with Gasteiger partial charge in [-0.1, -0.05) is 27.2 Å². The molecule has 146 valence electrons. The number of hydrogen-bond acceptors (Lipinski definition) is 4. The Balaban J connectivity index is 1.51. The third-order valence-electron chi connectivity index (χ3n) is 9.32. The Morgan fingerprint density at radius 3 is 2.46 bits per heavy atom. The van der Waals surface area contributed by atoms with Crippen LogP contribution in [0.3, 0.4) is 0 Å². The molecule has 0 radical (unpaired) electrons. The molecule has 0 aromatic carbocycles. The standard InChI is InChI=1S/C22H34O4/c1-14-4-7-20(2)15(12-14)13-18(23)26-19-16(20)5-8-21(3)17(19)6-9-22(21)24-10-11-25-22/h14-17,19H,4-13H2,1-3H3/t14-,15?,16?,17?,19?,20-,21-/m0/s1. The quantitative estimate of drug-likeness (QED) is 0.602. The molecule has 3 saturated carbocycles. The SMILES string of the molecule is C[C@H]1CC[C@@]2(C)C(CC(=O)OC3C2CC[C@@]2(C)C3CCC23OCCO3)C1. The van der Waals surface area contributed by atoms with Crippen molar-refractivity contribution in [2.75, 3.05) is 13.2 Å². The van der Waals surface area contributed by atoms with Gasteiger partial charge in [-0.05, 0) is 49.4 Å². The lowest BCUT2D eigenvalue weighted by molar-refractivity contribution is -0.249. The van der Waals surface area contributed by atoms with Crippen molar-refractivity contribution in [3.05, 3.63) is 0 Å². The summed E-state index contributed by atoms with van der Waals surface area (Å²) in [5, 5.41) is 0. The summed E-state index contributed by atoms with van der Waals surface area (Å²) in [6.45, 7) is 8.56. The zero-order valence-electron chi connectivity index (χ0n) is 16.6. The van der Waals surface area contributed by atoms with E-state index in [-0.39, 0.29) is 22.9 Å². The smallest absolute Gasteiger partial charge is 0.306 e. The fourth-order valence-electron chi connectivity index (χ4n) is 7.67. The third kappa shape index (κ3) is 2.18. The highest BCUT2D eigenvalue weighted by Gasteiger charge is 2.68. The van der Waals surface area contributed by atoms with E-state index in [2.05, 4.69) is 20.8 Å². The van der Waals surface area contributed by atoms with Crippen LogP contribution in [0.2, 0.25) is 0 Å². The highest BCUT2D eigenvalue weighted by molar-refractivity contribution is 5.70. The van der Waals surface area contributed by atoms with E-state index in [1.54, 1.807) is 0 Å². The van der Waals surface area contributed by atoms with Gasteiger partial charge in [-0.3, -0.25) is 4.79 Å². The summed E-state index contributed by atoms with van der Waals surface area (Å²) >= 11 is 0. The molecule has 5 rings (SSSR count). The molecule has 26 heavy (non-hydrogen) atoms. The van der Waals surface area contributed by atoms with Crippen LogP contribution < -0.4 is 0 Å². The van der Waals surface area contributed by atoms with Crippen LogP contribution in [-0.2, 0) is 19.0 Å². The number of ether oxygens (including phenoxy) is 3. The number of carbonyl (C=O) groups excluding carboxylic acids is 1. The molecule has 0 aromatic heterocycles. The van der Waals surface area contributed by atoms with Gasteiger partial charge in [0.2, 0.25) is 0 Å². The number of carbonyl (C=O) groups is 1. The molecule has 3 aliphatic carbocycles. The van der Waals surface area contributed by atoms with E-state index in [9.17, 15) is 4.79 Å². The van der Waals surface area contributed by atoms with E-state index in [1.165, 1.54) is 19.3 Å². The van der Waals surface area contributed by atoms with Crippen molar-refractivity contribution in [2.24, 2.45) is 34.5 Å². The summed E-state index contributed by atoms with van der Waals surface area (Å²) < 4.78 is 18.6. The van der Waals surface area contributed by atoms with Gasteiger partial charge >= 0.3 is 5.97 Å². The second-order valence-electron chi connectivity index (χ2n) is 10.4. The topological polar surface area (TPSA) is 44.8 Å². The van der Waals surface area contributed by atoms with Gasteiger partial charge in [-0.2, -0.15) is 0 Å². The Morgan fingerprint density at radius 2 is 1.69 bits per heavy atom. The fourth-order valence-corrected chi connectivity index (χ4v) is 7.67. The van der Waals surface area contributed by atoms with Gasteiger partial charge in [0.1, 0.15) is 6.10 Å². The Bertz CT molecular complexity index is 597. The molecule has 4 unspecified atom stereocenters. The van der Waals surface area contributed by atoms with Gasteiger partial charge in [0, 0.05) is 30.1 Å². The van der Waals surface area contributed by atoms with Crippen molar-refractivity contribution in [3.8, 4) is 0 Å². The van der Waals surface area contributed by atoms with Crippen LogP contribution in [0.4, 0.5) is 0 Å². The van der Waals surface area contributed by atoms with E-state index >= 15 is 0 Å². The molecule has 2 heterocycles. The van der Waals surface area contributed by atoms with Crippen molar-refractivity contribution in [1.29, 1.82) is 0 Å². The lowest BCUT2D eigenvalue weighted by atomic mass is 9.51. The average Bonchev–Trinajstić information content (AvgIpc) is 3.16. The van der Waals surface area contributed by atoms with Crippen LogP contribution in [0.1, 0.15) is 72.1 Å². The molecule has 2 aliphatic heterocycles. The van der Waals surface area contributed by atoms with Gasteiger partial charge in [-0.25, -0.2) is 0 Å². The Morgan fingerprint density at radius 1 is 0.962 bits per heavy atom. The van der Waals surface area contributed by atoms with E-state index in [0.29, 0.717) is 37.4 Å². The minimum atomic E-state index is -0.428. The predicted octanol–water partition coefficient (Wildman–Crippen LogP) is 4.31. The molecule has 4 heteroatoms. The lowest BCUT2D eigenvalue weighted by Crippen LogP contribution is -2.56. The van der Waals surface area contributed by atoms with Crippen LogP contribution in [0, 0.1) is 34.5 Å². The van der Waals surface area contributed by atoms with Crippen LogP contribution in [0.25, 0.3) is 0 Å². The summed E-state index contributed by atoms with van der Waals surface area (Å²) in [4.78, 5) is 12.8. The van der Waals surface area contributed by atoms with Crippen molar-refractivity contribution in [3.63, 3.8) is 0 Å². The van der Waals surface area contributed by atoms with Crippen molar-refractivity contribution >= 4 is 5.97 Å². The summed E-state index contributed by atoms with van der Waals surface area (Å²) in [7, 11) is 0. The highest BCUT2D eigenvalue weighted by atomic mass is 16.7. The summed E-state index contributed by atoms with van der Waals surface area (Å²) in [6, 6.07) is 0. The second kappa shape index (κ2) is 5.70. The van der Waals surface area contributed by atoms with Crippen molar-refractivity contribution in [1.82, 2.24) is 0 Å². The van der Waals surface area contributed by atoms with Gasteiger partial charge in [-0.15, -0.1) is 0 Å². The van der Waals surface area contributed by atoms with E-state index in [4.69, 9.17) is 14.2 Å². The minimum absolute atomic E-state index is 0.0247. The Kier molecular flexibility index (Phi) is 3.83. The normalized spacial score (nSPS) is 52.7. The largest absolute Gasteiger partial charge is 0.462 e. The van der Waals surface area contributed by atoms with Crippen LogP contribution in [0.5, 0.6) is 0 Å². The first-order valence-electron chi connectivity index (χ1n) is 10.9. The number of rotatable bonds is 0. The summed E-state index contributed by atoms with van der Waals surface area (Å²) in [5.41, 5.74) is 0.223. The van der Waals surface area contributed by atoms with Crippen molar-refractivity contribution < 1.29 is 19.0 Å². The molecular weight excluding hydrogens is 328 g/mol. The summed E-state index contributed by atoms with van der Waals surface area (Å²) in [6.07, 6.45) is 8.68. The molecule has 0 N–H and O–H groups in total. The van der Waals surface area contributed by atoms with Crippen LogP contribution in [-0.4, -0.2) is 31.1 Å². The first-order chi connectivity index (χ1) is 12.4. The molecule has 1 spiro atoms. The van der Waals surface area contributed by atoms with E-state index < -0.39 is 5.79 Å². The first-order valence-corrected chi connectivity index (χ1v) is 10.9. The van der Waals surface area contributed by atoms with E-state index in [0.717, 1.165) is 31.6 Å². The second-order valence-corrected chi connectivity index (χ2v) is 10.4. The molecule has 7 atom stereocenters. The Hall–Kier alpha value is -0.610. The van der Waals surface area contributed by atoms with Crippen LogP contribution >= 0.6 is 0 Å². The number of esters is 1. The monoisotopic (exact) mass is 362 g/mol. The molecular formula is C22H34O4. The fraction of sp³-hybridized carbons (Fsp3) is 0.955. The molecule has 4 nitrogen and oxygen atoms in total. The summed E-state index contributed by atoms with van der Waals surface area (Å²) in [5.74, 6) is 1.72. The third-order valence-corrected chi connectivity index (χ3v) is 9.32. The van der Waals surface area contributed by atoms with Gasteiger partial charge in [0.05, 0.1) is 13.2 Å². The molecule has 2 saturated heterocycles.